The van der Waals surface area contributed by atoms with Crippen LogP contribution < -0.4 is 5.32 Å². The zero-order valence-corrected chi connectivity index (χ0v) is 14.4. The molecule has 0 aromatic rings. The van der Waals surface area contributed by atoms with Crippen molar-refractivity contribution in [2.45, 2.75) is 70.9 Å². The average molecular weight is 324 g/mol. The van der Waals surface area contributed by atoms with E-state index in [1.165, 1.54) is 0 Å². The van der Waals surface area contributed by atoms with Gasteiger partial charge in [0.05, 0.1) is 5.92 Å². The molecule has 0 unspecified atom stereocenters. The number of nitrogens with one attached hydrogen (secondary N) is 1. The van der Waals surface area contributed by atoms with Crippen molar-refractivity contribution in [1.29, 1.82) is 0 Å². The number of Topliss-reactive ketones (excluding diaryl/α,β-unsaturated/α-hetero) is 1. The number of carbonyl (C=O) groups is 3. The predicted molar refractivity (Wildman–Crippen MR) is 85.9 cm³/mol. The Morgan fingerprint density at radius 3 is 2.61 bits per heavy atom. The normalized spacial score (nSPS) is 22.0. The van der Waals surface area contributed by atoms with Crippen LogP contribution in [0.5, 0.6) is 0 Å². The number of likely N-dealkylation sites (tertiary alicyclic amines) is 1. The molecule has 1 saturated heterocycles. The van der Waals surface area contributed by atoms with Crippen LogP contribution >= 0.6 is 0 Å². The Kier molecular flexibility index (Phi) is 5.65. The van der Waals surface area contributed by atoms with Gasteiger partial charge in [-0.2, -0.15) is 0 Å². The molecular formula is C17H28N2O4. The minimum Gasteiger partial charge on any atom is -0.444 e. The molecule has 1 saturated carbocycles. The summed E-state index contributed by atoms with van der Waals surface area (Å²) < 4.78 is 5.45. The minimum absolute atomic E-state index is 0.0139. The van der Waals surface area contributed by atoms with E-state index < -0.39 is 5.60 Å². The van der Waals surface area contributed by atoms with Gasteiger partial charge in [0.2, 0.25) is 5.91 Å². The van der Waals surface area contributed by atoms with Crippen molar-refractivity contribution in [2.75, 3.05) is 13.1 Å². The average Bonchev–Trinajstić information content (AvgIpc) is 2.86. The highest BCUT2D eigenvalue weighted by atomic mass is 16.6. The number of amides is 2. The van der Waals surface area contributed by atoms with Crippen LogP contribution in [-0.2, 0) is 14.3 Å². The maximum atomic E-state index is 12.2. The van der Waals surface area contributed by atoms with E-state index in [-0.39, 0.29) is 29.7 Å². The Morgan fingerprint density at radius 2 is 2.00 bits per heavy atom. The van der Waals surface area contributed by atoms with Gasteiger partial charge in [0.1, 0.15) is 11.4 Å². The fraction of sp³-hybridized carbons (Fsp3) is 0.824. The maximum Gasteiger partial charge on any atom is 0.410 e. The van der Waals surface area contributed by atoms with Crippen molar-refractivity contribution in [3.8, 4) is 0 Å². The highest BCUT2D eigenvalue weighted by Crippen LogP contribution is 2.24. The number of hydrogen-bond acceptors (Lipinski definition) is 4. The van der Waals surface area contributed by atoms with Crippen LogP contribution in [0.4, 0.5) is 4.79 Å². The molecule has 6 heteroatoms. The van der Waals surface area contributed by atoms with Crippen LogP contribution in [0.25, 0.3) is 0 Å². The quantitative estimate of drug-likeness (QED) is 0.787. The van der Waals surface area contributed by atoms with E-state index in [1.807, 2.05) is 25.7 Å². The molecule has 0 aromatic carbocycles. The molecule has 23 heavy (non-hydrogen) atoms. The lowest BCUT2D eigenvalue weighted by Gasteiger charge is -2.28. The Labute approximate surface area is 137 Å². The molecule has 2 fully saturated rings. The molecule has 1 heterocycles. The van der Waals surface area contributed by atoms with Crippen LogP contribution in [0, 0.1) is 5.92 Å². The molecule has 1 aliphatic heterocycles. The molecule has 0 bridgehead atoms. The minimum atomic E-state index is -0.474. The van der Waals surface area contributed by atoms with Gasteiger partial charge in [0.25, 0.3) is 0 Å². The van der Waals surface area contributed by atoms with Gasteiger partial charge in [0, 0.05) is 32.0 Å². The highest BCUT2D eigenvalue weighted by Gasteiger charge is 2.33. The second-order valence-corrected chi connectivity index (χ2v) is 7.55. The van der Waals surface area contributed by atoms with Crippen LogP contribution in [0.3, 0.4) is 0 Å². The third-order valence-corrected chi connectivity index (χ3v) is 4.34. The summed E-state index contributed by atoms with van der Waals surface area (Å²) in [6, 6.07) is 0.201. The molecule has 2 rings (SSSR count). The van der Waals surface area contributed by atoms with E-state index in [0.29, 0.717) is 19.4 Å². The van der Waals surface area contributed by atoms with E-state index in [1.54, 1.807) is 0 Å². The summed E-state index contributed by atoms with van der Waals surface area (Å²) in [5, 5.41) is 2.89. The lowest BCUT2D eigenvalue weighted by atomic mass is 9.83. The van der Waals surface area contributed by atoms with Gasteiger partial charge in [-0.15, -0.1) is 0 Å². The third-order valence-electron chi connectivity index (χ3n) is 4.34. The van der Waals surface area contributed by atoms with Gasteiger partial charge in [-0.25, -0.2) is 4.79 Å². The smallest absolute Gasteiger partial charge is 0.410 e. The van der Waals surface area contributed by atoms with Crippen molar-refractivity contribution in [1.82, 2.24) is 10.2 Å². The summed E-state index contributed by atoms with van der Waals surface area (Å²) in [5.74, 6) is 0.0383. The SMILES string of the molecule is CC(C)(C)OC(=O)N1CCC[C@@H]1CCCNC(=O)C1CC(=O)C1. The number of carbonyl (C=O) groups excluding carboxylic acids is 3. The van der Waals surface area contributed by atoms with Gasteiger partial charge >= 0.3 is 6.09 Å². The summed E-state index contributed by atoms with van der Waals surface area (Å²) in [7, 11) is 0. The summed E-state index contributed by atoms with van der Waals surface area (Å²) in [6.07, 6.45) is 4.23. The lowest BCUT2D eigenvalue weighted by Crippen LogP contribution is -2.41. The van der Waals surface area contributed by atoms with Crippen molar-refractivity contribution in [3.05, 3.63) is 0 Å². The van der Waals surface area contributed by atoms with Crippen LogP contribution in [-0.4, -0.2) is 47.4 Å². The Bertz CT molecular complexity index is 462. The topological polar surface area (TPSA) is 75.7 Å². The summed E-state index contributed by atoms with van der Waals surface area (Å²) >= 11 is 0. The van der Waals surface area contributed by atoms with Crippen molar-refractivity contribution >= 4 is 17.8 Å². The van der Waals surface area contributed by atoms with Crippen molar-refractivity contribution < 1.29 is 19.1 Å². The Morgan fingerprint density at radius 1 is 1.30 bits per heavy atom. The molecule has 0 radical (unpaired) electrons. The van der Waals surface area contributed by atoms with E-state index >= 15 is 0 Å². The van der Waals surface area contributed by atoms with Gasteiger partial charge < -0.3 is 15.0 Å². The molecule has 6 nitrogen and oxygen atoms in total. The molecule has 2 amide bonds. The summed E-state index contributed by atoms with van der Waals surface area (Å²) in [6.45, 7) is 6.96. The van der Waals surface area contributed by atoms with Gasteiger partial charge in [-0.3, -0.25) is 9.59 Å². The second-order valence-electron chi connectivity index (χ2n) is 7.55. The number of rotatable bonds is 5. The van der Waals surface area contributed by atoms with E-state index in [4.69, 9.17) is 4.74 Å². The number of hydrogen-bond donors (Lipinski definition) is 1. The van der Waals surface area contributed by atoms with Crippen LogP contribution in [0.15, 0.2) is 0 Å². The van der Waals surface area contributed by atoms with Crippen LogP contribution in [0.1, 0.15) is 59.3 Å². The molecule has 2 aliphatic rings. The highest BCUT2D eigenvalue weighted by molar-refractivity contribution is 5.96. The van der Waals surface area contributed by atoms with Gasteiger partial charge in [-0.1, -0.05) is 0 Å². The van der Waals surface area contributed by atoms with E-state index in [9.17, 15) is 14.4 Å². The Hall–Kier alpha value is -1.59. The maximum absolute atomic E-state index is 12.2. The monoisotopic (exact) mass is 324 g/mol. The molecule has 0 spiro atoms. The van der Waals surface area contributed by atoms with Crippen molar-refractivity contribution in [3.63, 3.8) is 0 Å². The fourth-order valence-corrected chi connectivity index (χ4v) is 3.07. The van der Waals surface area contributed by atoms with Crippen LogP contribution in [0.2, 0.25) is 0 Å². The molecular weight excluding hydrogens is 296 g/mol. The van der Waals surface area contributed by atoms with E-state index in [2.05, 4.69) is 5.32 Å². The van der Waals surface area contributed by atoms with Crippen molar-refractivity contribution in [2.24, 2.45) is 5.92 Å². The number of nitrogens with zero attached hydrogens (tertiary/aromatic N) is 1. The molecule has 1 atom stereocenters. The standard InChI is InChI=1S/C17H28N2O4/c1-17(2,3)23-16(22)19-9-5-7-13(19)6-4-8-18-15(21)12-10-14(20)11-12/h12-13H,4-11H2,1-3H3,(H,18,21)/t13-/m0/s1. The molecule has 1 N–H and O–H groups in total. The van der Waals surface area contributed by atoms with Gasteiger partial charge in [0.15, 0.2) is 0 Å². The second kappa shape index (κ2) is 7.32. The zero-order valence-electron chi connectivity index (χ0n) is 14.4. The third kappa shape index (κ3) is 5.22. The largest absolute Gasteiger partial charge is 0.444 e. The first-order chi connectivity index (χ1) is 10.8. The number of ether oxygens (including phenoxy) is 1. The first kappa shape index (κ1) is 17.8. The zero-order chi connectivity index (χ0) is 17.0. The Balaban J connectivity index is 1.67. The first-order valence-electron chi connectivity index (χ1n) is 8.55. The first-order valence-corrected chi connectivity index (χ1v) is 8.55. The molecule has 0 aromatic heterocycles. The number of ketones is 1. The lowest BCUT2D eigenvalue weighted by molar-refractivity contribution is -0.137. The summed E-state index contributed by atoms with van der Waals surface area (Å²) in [4.78, 5) is 36.6. The predicted octanol–water partition coefficient (Wildman–Crippen LogP) is 2.26. The van der Waals surface area contributed by atoms with E-state index in [0.717, 1.165) is 32.2 Å². The van der Waals surface area contributed by atoms with Gasteiger partial charge in [-0.05, 0) is 46.5 Å². The summed E-state index contributed by atoms with van der Waals surface area (Å²) in [5.41, 5.74) is -0.474. The molecule has 130 valence electrons. The fourth-order valence-electron chi connectivity index (χ4n) is 3.07. The molecule has 1 aliphatic carbocycles.